The predicted octanol–water partition coefficient (Wildman–Crippen LogP) is 3.44. The van der Waals surface area contributed by atoms with Gasteiger partial charge in [0.25, 0.3) is 5.56 Å². The van der Waals surface area contributed by atoms with E-state index in [9.17, 15) is 9.59 Å². The van der Waals surface area contributed by atoms with E-state index in [0.29, 0.717) is 32.8 Å². The number of nitrogens with one attached hydrogen (secondary N) is 1. The lowest BCUT2D eigenvalue weighted by Crippen LogP contribution is -2.32. The Balaban J connectivity index is 2.03. The molecule has 0 unspecified atom stereocenters. The Morgan fingerprint density at radius 2 is 1.93 bits per heavy atom. The van der Waals surface area contributed by atoms with E-state index in [-0.39, 0.29) is 23.6 Å². The van der Waals surface area contributed by atoms with E-state index >= 15 is 0 Å². The number of hydrogen-bond donors (Lipinski definition) is 2. The minimum Gasteiger partial charge on any atom is -0.462 e. The zero-order chi connectivity index (χ0) is 19.8. The SMILES string of the molecule is CCOC(=O)C1=C(N)Oc2c(c(=O)[nH]c3ccccc23)[C@H]1c1ccc(Cl)cc1. The van der Waals surface area contributed by atoms with Crippen molar-refractivity contribution < 1.29 is 14.3 Å². The number of esters is 1. The third-order valence-electron chi connectivity index (χ3n) is 4.66. The standard InChI is InChI=1S/C21H17ClN2O4/c1-2-27-21(26)17-15(11-7-9-12(22)10-8-11)16-18(28-19(17)23)13-5-3-4-6-14(13)24-20(16)25/h3-10,15H,2,23H2,1H3,(H,24,25)/t15-/m1/s1. The zero-order valence-electron chi connectivity index (χ0n) is 15.0. The smallest absolute Gasteiger partial charge is 0.340 e. The Morgan fingerprint density at radius 1 is 1.21 bits per heavy atom. The van der Waals surface area contributed by atoms with Gasteiger partial charge >= 0.3 is 5.97 Å². The van der Waals surface area contributed by atoms with E-state index in [1.165, 1.54) is 0 Å². The van der Waals surface area contributed by atoms with E-state index in [2.05, 4.69) is 4.98 Å². The molecule has 28 heavy (non-hydrogen) atoms. The van der Waals surface area contributed by atoms with Crippen LogP contribution in [0.3, 0.4) is 0 Å². The Labute approximate surface area is 165 Å². The number of benzene rings is 2. The summed E-state index contributed by atoms with van der Waals surface area (Å²) >= 11 is 6.02. The third kappa shape index (κ3) is 2.92. The summed E-state index contributed by atoms with van der Waals surface area (Å²) in [6.45, 7) is 1.87. The summed E-state index contributed by atoms with van der Waals surface area (Å²) < 4.78 is 11.0. The Morgan fingerprint density at radius 3 is 2.64 bits per heavy atom. The number of para-hydroxylation sites is 1. The maximum atomic E-state index is 13.0. The first-order valence-electron chi connectivity index (χ1n) is 8.76. The van der Waals surface area contributed by atoms with Crippen LogP contribution in [0.4, 0.5) is 0 Å². The molecule has 0 radical (unpaired) electrons. The van der Waals surface area contributed by atoms with Gasteiger partial charge in [-0.2, -0.15) is 0 Å². The van der Waals surface area contributed by atoms with Crippen LogP contribution in [0.15, 0.2) is 64.8 Å². The van der Waals surface area contributed by atoms with Crippen molar-refractivity contribution in [3.05, 3.63) is 86.5 Å². The van der Waals surface area contributed by atoms with Crippen LogP contribution in [0, 0.1) is 0 Å². The summed E-state index contributed by atoms with van der Waals surface area (Å²) in [6.07, 6.45) is 0. The van der Waals surface area contributed by atoms with Crippen molar-refractivity contribution in [3.8, 4) is 5.75 Å². The molecule has 7 heteroatoms. The predicted molar refractivity (Wildman–Crippen MR) is 106 cm³/mol. The van der Waals surface area contributed by atoms with Gasteiger partial charge in [-0.25, -0.2) is 4.79 Å². The molecule has 1 aliphatic rings. The van der Waals surface area contributed by atoms with Gasteiger partial charge in [0.15, 0.2) is 0 Å². The summed E-state index contributed by atoms with van der Waals surface area (Å²) in [5.41, 5.74) is 7.48. The molecule has 2 aromatic carbocycles. The number of carbonyl (C=O) groups is 1. The van der Waals surface area contributed by atoms with Crippen molar-refractivity contribution in [2.24, 2.45) is 5.73 Å². The van der Waals surface area contributed by atoms with Crippen molar-refractivity contribution in [3.63, 3.8) is 0 Å². The van der Waals surface area contributed by atoms with Crippen molar-refractivity contribution in [1.82, 2.24) is 4.98 Å². The van der Waals surface area contributed by atoms with Gasteiger partial charge in [-0.05, 0) is 36.8 Å². The summed E-state index contributed by atoms with van der Waals surface area (Å²) in [5.74, 6) is -1.11. The first-order chi connectivity index (χ1) is 13.5. The molecule has 0 spiro atoms. The number of halogens is 1. The molecule has 0 saturated carbocycles. The maximum Gasteiger partial charge on any atom is 0.340 e. The highest BCUT2D eigenvalue weighted by Gasteiger charge is 2.38. The minimum atomic E-state index is -0.742. The quantitative estimate of drug-likeness (QED) is 0.661. The van der Waals surface area contributed by atoms with E-state index in [0.717, 1.165) is 0 Å². The highest BCUT2D eigenvalue weighted by molar-refractivity contribution is 6.30. The molecule has 0 bridgehead atoms. The molecule has 6 nitrogen and oxygen atoms in total. The number of H-pyrrole nitrogens is 1. The fraction of sp³-hybridized carbons (Fsp3) is 0.143. The first-order valence-corrected chi connectivity index (χ1v) is 9.14. The molecule has 1 aromatic heterocycles. The van der Waals surface area contributed by atoms with Crippen LogP contribution in [-0.2, 0) is 9.53 Å². The van der Waals surface area contributed by atoms with Gasteiger partial charge in [0.2, 0.25) is 5.88 Å². The number of aromatic amines is 1. The van der Waals surface area contributed by atoms with E-state index < -0.39 is 11.9 Å². The number of hydrogen-bond acceptors (Lipinski definition) is 5. The number of aromatic nitrogens is 1. The lowest BCUT2D eigenvalue weighted by Gasteiger charge is -2.28. The minimum absolute atomic E-state index is 0.0818. The van der Waals surface area contributed by atoms with Crippen LogP contribution >= 0.6 is 11.6 Å². The van der Waals surface area contributed by atoms with Crippen molar-refractivity contribution in [2.45, 2.75) is 12.8 Å². The van der Waals surface area contributed by atoms with E-state index in [4.69, 9.17) is 26.8 Å². The summed E-state index contributed by atoms with van der Waals surface area (Å²) in [5, 5.41) is 1.24. The van der Waals surface area contributed by atoms with Gasteiger partial charge in [0.05, 0.1) is 23.6 Å². The average Bonchev–Trinajstić information content (AvgIpc) is 2.68. The molecular weight excluding hydrogens is 380 g/mol. The second-order valence-electron chi connectivity index (χ2n) is 6.33. The highest BCUT2D eigenvalue weighted by atomic mass is 35.5. The van der Waals surface area contributed by atoms with Crippen molar-refractivity contribution >= 4 is 28.5 Å². The molecule has 1 atom stereocenters. The summed E-state index contributed by atoms with van der Waals surface area (Å²) in [7, 11) is 0. The van der Waals surface area contributed by atoms with Crippen LogP contribution in [0.2, 0.25) is 5.02 Å². The maximum absolute atomic E-state index is 13.0. The fourth-order valence-electron chi connectivity index (χ4n) is 3.47. The Kier molecular flexibility index (Phi) is 4.57. The molecule has 4 rings (SSSR count). The molecule has 142 valence electrons. The highest BCUT2D eigenvalue weighted by Crippen LogP contribution is 2.43. The molecule has 0 amide bonds. The number of fused-ring (bicyclic) bond motifs is 3. The number of carbonyl (C=O) groups excluding carboxylic acids is 1. The molecular formula is C21H17ClN2O4. The molecule has 1 aliphatic heterocycles. The average molecular weight is 397 g/mol. The zero-order valence-corrected chi connectivity index (χ0v) is 15.7. The van der Waals surface area contributed by atoms with Crippen LogP contribution < -0.4 is 16.0 Å². The van der Waals surface area contributed by atoms with Gasteiger partial charge in [-0.3, -0.25) is 4.79 Å². The lowest BCUT2D eigenvalue weighted by atomic mass is 9.83. The lowest BCUT2D eigenvalue weighted by molar-refractivity contribution is -0.139. The van der Waals surface area contributed by atoms with Crippen LogP contribution in [-0.4, -0.2) is 17.6 Å². The van der Waals surface area contributed by atoms with Gasteiger partial charge in [-0.1, -0.05) is 35.9 Å². The first kappa shape index (κ1) is 18.1. The topological polar surface area (TPSA) is 94.4 Å². The number of nitrogens with two attached hydrogens (primary N) is 1. The summed E-state index contributed by atoms with van der Waals surface area (Å²) in [4.78, 5) is 28.5. The molecule has 0 fully saturated rings. The third-order valence-corrected chi connectivity index (χ3v) is 4.91. The van der Waals surface area contributed by atoms with Crippen LogP contribution in [0.1, 0.15) is 24.0 Å². The van der Waals surface area contributed by atoms with Crippen LogP contribution in [0.5, 0.6) is 5.75 Å². The van der Waals surface area contributed by atoms with Crippen molar-refractivity contribution in [2.75, 3.05) is 6.61 Å². The van der Waals surface area contributed by atoms with Gasteiger partial charge in [-0.15, -0.1) is 0 Å². The number of pyridine rings is 1. The van der Waals surface area contributed by atoms with Crippen molar-refractivity contribution in [1.29, 1.82) is 0 Å². The van der Waals surface area contributed by atoms with Crippen LogP contribution in [0.25, 0.3) is 10.9 Å². The Hall–Kier alpha value is -3.25. The summed E-state index contributed by atoms with van der Waals surface area (Å²) in [6, 6.07) is 14.1. The van der Waals surface area contributed by atoms with Gasteiger partial charge < -0.3 is 20.2 Å². The largest absolute Gasteiger partial charge is 0.462 e. The molecule has 3 N–H and O–H groups in total. The van der Waals surface area contributed by atoms with Gasteiger partial charge in [0.1, 0.15) is 11.3 Å². The van der Waals surface area contributed by atoms with E-state index in [1.54, 1.807) is 37.3 Å². The van der Waals surface area contributed by atoms with Gasteiger partial charge in [0, 0.05) is 10.4 Å². The number of ether oxygens (including phenoxy) is 2. The fourth-order valence-corrected chi connectivity index (χ4v) is 3.59. The Bertz CT molecular complexity index is 1170. The monoisotopic (exact) mass is 396 g/mol. The molecule has 0 aliphatic carbocycles. The second kappa shape index (κ2) is 7.05. The molecule has 3 aromatic rings. The number of rotatable bonds is 3. The van der Waals surface area contributed by atoms with E-state index in [1.807, 2.05) is 18.2 Å². The molecule has 2 heterocycles. The molecule has 0 saturated heterocycles. The normalized spacial score (nSPS) is 15.9. The second-order valence-corrected chi connectivity index (χ2v) is 6.76.